The summed E-state index contributed by atoms with van der Waals surface area (Å²) in [5, 5.41) is 27.2. The van der Waals surface area contributed by atoms with Gasteiger partial charge in [0.25, 0.3) is 0 Å². The van der Waals surface area contributed by atoms with Gasteiger partial charge in [-0.15, -0.1) is 5.10 Å². The number of nitrogens with zero attached hydrogens (tertiary/aromatic N) is 6. The number of nitrogens with one attached hydrogen (secondary N) is 2. The minimum absolute atomic E-state index is 0.0159. The van der Waals surface area contributed by atoms with Crippen molar-refractivity contribution in [3.63, 3.8) is 0 Å². The minimum atomic E-state index is -0.545. The molecule has 0 bridgehead atoms. The molecule has 1 aromatic carbocycles. The molecule has 3 aromatic heterocycles. The van der Waals surface area contributed by atoms with Crippen molar-refractivity contribution in [2.45, 2.75) is 72.9 Å². The Morgan fingerprint density at radius 3 is 2.51 bits per heavy atom. The summed E-state index contributed by atoms with van der Waals surface area (Å²) in [7, 11) is 0. The maximum atomic E-state index is 14.0. The minimum Gasteiger partial charge on any atom is -0.383 e. The van der Waals surface area contributed by atoms with Gasteiger partial charge in [-0.3, -0.25) is 4.98 Å². The maximum Gasteiger partial charge on any atom is 0.213 e. The third kappa shape index (κ3) is 5.58. The fraction of sp³-hybridized carbons (Fsp3) is 0.452. The van der Waals surface area contributed by atoms with Gasteiger partial charge in [0.1, 0.15) is 11.8 Å². The van der Waals surface area contributed by atoms with Gasteiger partial charge in [0.15, 0.2) is 0 Å². The molecule has 10 heteroatoms. The number of rotatable bonds is 7. The Kier molecular flexibility index (Phi) is 7.19. The van der Waals surface area contributed by atoms with E-state index in [1.54, 1.807) is 25.3 Å². The number of aryl methyl sites for hydroxylation is 1. The lowest BCUT2D eigenvalue weighted by atomic mass is 9.84. The molecule has 2 N–H and O–H groups in total. The van der Waals surface area contributed by atoms with Crippen LogP contribution >= 0.6 is 11.6 Å². The number of benzene rings is 1. The summed E-state index contributed by atoms with van der Waals surface area (Å²) in [6.45, 7) is 15.5. The molecule has 0 unspecified atom stereocenters. The molecule has 1 fully saturated rings. The quantitative estimate of drug-likeness (QED) is 0.222. The predicted molar refractivity (Wildman–Crippen MR) is 160 cm³/mol. The number of anilines is 2. The molecule has 3 heterocycles. The van der Waals surface area contributed by atoms with Crippen molar-refractivity contribution in [2.24, 2.45) is 10.8 Å². The standard InChI is InChI=1S/C31H36ClFN8/c1-18-21(8-9-25(33)37-18)28(24-16-41(40-39-24)31(10-11-31)30(5,6)7)38-20-12-22-26(36-17-29(2,3)4)19(14-34)15-35-27(22)23(32)13-20/h8-9,12-13,15-16,28,38H,10-11,17H2,1-7H3,(H,35,36)/t28-/m0/s1. The highest BCUT2D eigenvalue weighted by molar-refractivity contribution is 6.35. The lowest BCUT2D eigenvalue weighted by molar-refractivity contribution is 0.195. The zero-order valence-corrected chi connectivity index (χ0v) is 25.4. The molecule has 0 radical (unpaired) electrons. The van der Waals surface area contributed by atoms with Crippen molar-refractivity contribution in [1.82, 2.24) is 25.0 Å². The Hall–Kier alpha value is -3.77. The van der Waals surface area contributed by atoms with Gasteiger partial charge in [0.05, 0.1) is 39.6 Å². The van der Waals surface area contributed by atoms with Crippen LogP contribution in [-0.4, -0.2) is 31.5 Å². The van der Waals surface area contributed by atoms with Gasteiger partial charge in [-0.2, -0.15) is 9.65 Å². The van der Waals surface area contributed by atoms with Crippen LogP contribution in [0.15, 0.2) is 36.7 Å². The number of aromatic nitrogens is 5. The third-order valence-electron chi connectivity index (χ3n) is 7.92. The highest BCUT2D eigenvalue weighted by Gasteiger charge is 2.54. The largest absolute Gasteiger partial charge is 0.383 e. The molecule has 1 atom stereocenters. The van der Waals surface area contributed by atoms with Crippen LogP contribution in [0.25, 0.3) is 10.9 Å². The first-order valence-corrected chi connectivity index (χ1v) is 14.2. The first-order chi connectivity index (χ1) is 19.2. The number of hydrogen-bond acceptors (Lipinski definition) is 7. The van der Waals surface area contributed by atoms with Gasteiger partial charge < -0.3 is 10.6 Å². The predicted octanol–water partition coefficient (Wildman–Crippen LogP) is 7.39. The first-order valence-electron chi connectivity index (χ1n) is 13.8. The molecule has 4 aromatic rings. The summed E-state index contributed by atoms with van der Waals surface area (Å²) in [6.07, 6.45) is 5.59. The van der Waals surface area contributed by atoms with Crippen LogP contribution in [0.2, 0.25) is 5.02 Å². The lowest BCUT2D eigenvalue weighted by Gasteiger charge is -2.30. The third-order valence-corrected chi connectivity index (χ3v) is 8.21. The second kappa shape index (κ2) is 10.3. The molecule has 0 aliphatic heterocycles. The summed E-state index contributed by atoms with van der Waals surface area (Å²) in [4.78, 5) is 8.55. The van der Waals surface area contributed by atoms with Gasteiger partial charge in [-0.05, 0) is 48.8 Å². The van der Waals surface area contributed by atoms with Gasteiger partial charge in [-0.25, -0.2) is 9.67 Å². The second-order valence-electron chi connectivity index (χ2n) is 13.2. The smallest absolute Gasteiger partial charge is 0.213 e. The monoisotopic (exact) mass is 574 g/mol. The summed E-state index contributed by atoms with van der Waals surface area (Å²) in [5.41, 5.74) is 4.31. The van der Waals surface area contributed by atoms with E-state index in [0.717, 1.165) is 23.8 Å². The van der Waals surface area contributed by atoms with Crippen molar-refractivity contribution in [2.75, 3.05) is 17.2 Å². The molecule has 0 saturated heterocycles. The topological polar surface area (TPSA) is 104 Å². The summed E-state index contributed by atoms with van der Waals surface area (Å²) in [6, 6.07) is 8.57. The molecule has 0 spiro atoms. The molecule has 1 aliphatic rings. The van der Waals surface area contributed by atoms with E-state index < -0.39 is 12.0 Å². The SMILES string of the molecule is Cc1nc(F)ccc1[C@H](Nc1cc(Cl)c2ncc(C#N)c(NCC(C)(C)C)c2c1)c1cn(C2(C(C)(C)C)CC2)nn1. The molecular weight excluding hydrogens is 539 g/mol. The van der Waals surface area contributed by atoms with Crippen LogP contribution in [-0.2, 0) is 5.54 Å². The Morgan fingerprint density at radius 2 is 1.90 bits per heavy atom. The second-order valence-corrected chi connectivity index (χ2v) is 13.6. The van der Waals surface area contributed by atoms with Gasteiger partial charge in [-0.1, -0.05) is 64.4 Å². The van der Waals surface area contributed by atoms with Crippen LogP contribution in [0.3, 0.4) is 0 Å². The van der Waals surface area contributed by atoms with E-state index in [1.807, 2.05) is 16.9 Å². The number of pyridine rings is 2. The fourth-order valence-electron chi connectivity index (χ4n) is 5.35. The molecule has 1 saturated carbocycles. The fourth-order valence-corrected chi connectivity index (χ4v) is 5.62. The summed E-state index contributed by atoms with van der Waals surface area (Å²) >= 11 is 6.76. The van der Waals surface area contributed by atoms with Crippen molar-refractivity contribution in [1.29, 1.82) is 5.26 Å². The van der Waals surface area contributed by atoms with Crippen molar-refractivity contribution >= 4 is 33.9 Å². The molecule has 1 aliphatic carbocycles. The van der Waals surface area contributed by atoms with E-state index in [9.17, 15) is 9.65 Å². The highest BCUT2D eigenvalue weighted by atomic mass is 35.5. The zero-order valence-electron chi connectivity index (χ0n) is 24.6. The average Bonchev–Trinajstić information content (AvgIpc) is 3.57. The van der Waals surface area contributed by atoms with Gasteiger partial charge >= 0.3 is 0 Å². The van der Waals surface area contributed by atoms with Gasteiger partial charge in [0, 0.05) is 35.1 Å². The maximum absolute atomic E-state index is 14.0. The number of halogens is 2. The van der Waals surface area contributed by atoms with Crippen LogP contribution in [0.4, 0.5) is 15.8 Å². The Bertz CT molecular complexity index is 1650. The van der Waals surface area contributed by atoms with Crippen LogP contribution in [0.1, 0.15) is 82.9 Å². The van der Waals surface area contributed by atoms with Crippen LogP contribution < -0.4 is 10.6 Å². The first kappa shape index (κ1) is 28.7. The molecule has 41 heavy (non-hydrogen) atoms. The average molecular weight is 575 g/mol. The number of fused-ring (bicyclic) bond motifs is 1. The Labute approximate surface area is 245 Å². The van der Waals surface area contributed by atoms with E-state index in [1.165, 1.54) is 6.07 Å². The zero-order chi connectivity index (χ0) is 29.7. The van der Waals surface area contributed by atoms with E-state index in [-0.39, 0.29) is 16.4 Å². The van der Waals surface area contributed by atoms with Crippen molar-refractivity contribution in [3.05, 3.63) is 70.1 Å². The van der Waals surface area contributed by atoms with Gasteiger partial charge in [0.2, 0.25) is 5.95 Å². The lowest BCUT2D eigenvalue weighted by Crippen LogP contribution is -2.33. The van der Waals surface area contributed by atoms with E-state index in [2.05, 4.69) is 78.5 Å². The molecule has 5 rings (SSSR count). The summed E-state index contributed by atoms with van der Waals surface area (Å²) < 4.78 is 16.0. The molecular formula is C31H36ClFN8. The number of hydrogen-bond donors (Lipinski definition) is 2. The van der Waals surface area contributed by atoms with E-state index in [0.29, 0.717) is 45.4 Å². The normalized spacial score (nSPS) is 15.4. The summed E-state index contributed by atoms with van der Waals surface area (Å²) in [5.74, 6) is -0.545. The highest BCUT2D eigenvalue weighted by Crippen LogP contribution is 2.55. The van der Waals surface area contributed by atoms with E-state index in [4.69, 9.17) is 11.6 Å². The molecule has 0 amide bonds. The molecule has 214 valence electrons. The van der Waals surface area contributed by atoms with Crippen LogP contribution in [0.5, 0.6) is 0 Å². The Balaban J connectivity index is 1.61. The molecule has 8 nitrogen and oxygen atoms in total. The van der Waals surface area contributed by atoms with Crippen LogP contribution in [0, 0.1) is 35.0 Å². The van der Waals surface area contributed by atoms with E-state index >= 15 is 0 Å². The number of nitriles is 1. The Morgan fingerprint density at radius 1 is 1.17 bits per heavy atom. The van der Waals surface area contributed by atoms with Crippen molar-refractivity contribution in [3.8, 4) is 6.07 Å². The van der Waals surface area contributed by atoms with Crippen molar-refractivity contribution < 1.29 is 4.39 Å².